The second-order valence-corrected chi connectivity index (χ2v) is 9.79. The zero-order chi connectivity index (χ0) is 23.9. The average molecular weight is 442 g/mol. The van der Waals surface area contributed by atoms with Gasteiger partial charge in [0.1, 0.15) is 0 Å². The number of hydrogen-bond acceptors (Lipinski definition) is 2. The lowest BCUT2D eigenvalue weighted by atomic mass is 9.86. The molecule has 1 atom stereocenters. The summed E-state index contributed by atoms with van der Waals surface area (Å²) in [4.78, 5) is 0. The van der Waals surface area contributed by atoms with Crippen LogP contribution in [0, 0.1) is 18.8 Å². The molecule has 1 unspecified atom stereocenters. The first-order chi connectivity index (χ1) is 15.4. The molecule has 2 N–H and O–H groups in total. The topological polar surface area (TPSA) is 35.2 Å². The highest BCUT2D eigenvalue weighted by atomic mass is 16.5. The molecular weight excluding hydrogens is 390 g/mol. The Morgan fingerprint density at radius 3 is 2.12 bits per heavy atom. The van der Waals surface area contributed by atoms with Gasteiger partial charge in [-0.2, -0.15) is 0 Å². The van der Waals surface area contributed by atoms with E-state index in [2.05, 4.69) is 71.0 Å². The van der Waals surface area contributed by atoms with E-state index in [1.54, 1.807) is 0 Å². The minimum atomic E-state index is 0.411. The van der Waals surface area contributed by atoms with Crippen LogP contribution in [0.5, 0.6) is 0 Å². The Morgan fingerprint density at radius 1 is 0.906 bits per heavy atom. The van der Waals surface area contributed by atoms with Gasteiger partial charge in [-0.3, -0.25) is 0 Å². The Balaban J connectivity index is 0.000000318. The normalized spacial score (nSPS) is 15.2. The van der Waals surface area contributed by atoms with Crippen LogP contribution in [0.15, 0.2) is 36.4 Å². The van der Waals surface area contributed by atoms with Crippen LogP contribution in [0.1, 0.15) is 104 Å². The summed E-state index contributed by atoms with van der Waals surface area (Å²) in [6.45, 7) is 16.6. The molecule has 0 aromatic heterocycles. The van der Waals surface area contributed by atoms with E-state index in [9.17, 15) is 0 Å². The number of benzene rings is 2. The molecule has 1 fully saturated rings. The van der Waals surface area contributed by atoms with E-state index in [0.717, 1.165) is 25.5 Å². The second kappa shape index (κ2) is 16.3. The molecule has 0 amide bonds. The molecule has 0 saturated heterocycles. The molecular formula is C30H51NO. The van der Waals surface area contributed by atoms with Gasteiger partial charge < -0.3 is 10.5 Å². The molecule has 32 heavy (non-hydrogen) atoms. The number of hydrogen-bond donors (Lipinski definition) is 1. The van der Waals surface area contributed by atoms with Gasteiger partial charge in [0.2, 0.25) is 0 Å². The van der Waals surface area contributed by atoms with E-state index in [4.69, 9.17) is 10.5 Å². The highest BCUT2D eigenvalue weighted by molar-refractivity contribution is 5.88. The third-order valence-corrected chi connectivity index (χ3v) is 6.36. The first-order valence-electron chi connectivity index (χ1n) is 13.2. The van der Waals surface area contributed by atoms with E-state index in [-0.39, 0.29) is 0 Å². The van der Waals surface area contributed by atoms with Crippen LogP contribution in [-0.2, 0) is 4.74 Å². The molecule has 182 valence electrons. The number of nitrogens with two attached hydrogens (primary N) is 1. The third kappa shape index (κ3) is 10.0. The average Bonchev–Trinajstić information content (AvgIpc) is 2.80. The smallest absolute Gasteiger partial charge is 0.0518 e. The van der Waals surface area contributed by atoms with E-state index in [1.807, 2.05) is 13.8 Å². The summed E-state index contributed by atoms with van der Waals surface area (Å²) >= 11 is 0. The lowest BCUT2D eigenvalue weighted by Crippen LogP contribution is -2.15. The van der Waals surface area contributed by atoms with E-state index < -0.39 is 0 Å². The van der Waals surface area contributed by atoms with Crippen molar-refractivity contribution < 1.29 is 4.74 Å². The van der Waals surface area contributed by atoms with Gasteiger partial charge in [0.05, 0.1) is 6.10 Å². The summed E-state index contributed by atoms with van der Waals surface area (Å²) in [5, 5.41) is 2.73. The van der Waals surface area contributed by atoms with Crippen LogP contribution in [0.25, 0.3) is 10.8 Å². The van der Waals surface area contributed by atoms with Crippen LogP contribution < -0.4 is 5.73 Å². The van der Waals surface area contributed by atoms with Crippen molar-refractivity contribution in [3.05, 3.63) is 47.5 Å². The van der Waals surface area contributed by atoms with Crippen LogP contribution in [0.2, 0.25) is 0 Å². The predicted molar refractivity (Wildman–Crippen MR) is 144 cm³/mol. The Bertz CT molecular complexity index is 731. The summed E-state index contributed by atoms with van der Waals surface area (Å²) in [6, 6.07) is 13.1. The summed E-state index contributed by atoms with van der Waals surface area (Å²) < 4.78 is 5.54. The number of rotatable bonds is 8. The van der Waals surface area contributed by atoms with Gasteiger partial charge in [-0.15, -0.1) is 0 Å². The molecule has 2 heteroatoms. The fourth-order valence-electron chi connectivity index (χ4n) is 4.71. The second-order valence-electron chi connectivity index (χ2n) is 9.79. The molecule has 1 aliphatic carbocycles. The first kappa shape index (κ1) is 28.7. The van der Waals surface area contributed by atoms with Gasteiger partial charge in [-0.25, -0.2) is 0 Å². The van der Waals surface area contributed by atoms with E-state index in [1.165, 1.54) is 60.4 Å². The molecule has 2 aromatic rings. The third-order valence-electron chi connectivity index (χ3n) is 6.36. The van der Waals surface area contributed by atoms with Crippen molar-refractivity contribution >= 4 is 10.8 Å². The number of fused-ring (bicyclic) bond motifs is 1. The fraction of sp³-hybridized carbons (Fsp3) is 0.667. The highest BCUT2D eigenvalue weighted by Gasteiger charge is 2.15. The van der Waals surface area contributed by atoms with Crippen molar-refractivity contribution in [2.24, 2.45) is 17.6 Å². The summed E-state index contributed by atoms with van der Waals surface area (Å²) in [5.74, 6) is 2.12. The summed E-state index contributed by atoms with van der Waals surface area (Å²) in [5.41, 5.74) is 8.73. The van der Waals surface area contributed by atoms with Crippen molar-refractivity contribution in [2.75, 3.05) is 13.2 Å². The number of aryl methyl sites for hydroxylation is 1. The van der Waals surface area contributed by atoms with Crippen molar-refractivity contribution in [3.63, 3.8) is 0 Å². The van der Waals surface area contributed by atoms with Crippen LogP contribution in [-0.4, -0.2) is 19.3 Å². The molecule has 0 spiro atoms. The molecule has 0 aliphatic heterocycles. The monoisotopic (exact) mass is 441 g/mol. The van der Waals surface area contributed by atoms with Gasteiger partial charge in [-0.05, 0) is 79.8 Å². The van der Waals surface area contributed by atoms with Gasteiger partial charge in [-0.1, -0.05) is 96.2 Å². The minimum absolute atomic E-state index is 0.411. The lowest BCUT2D eigenvalue weighted by molar-refractivity contribution is 0.0648. The van der Waals surface area contributed by atoms with Gasteiger partial charge >= 0.3 is 0 Å². The van der Waals surface area contributed by atoms with Gasteiger partial charge in [0, 0.05) is 6.61 Å². The zero-order valence-electron chi connectivity index (χ0n) is 22.1. The van der Waals surface area contributed by atoms with Crippen LogP contribution in [0.3, 0.4) is 0 Å². The molecule has 1 saturated carbocycles. The summed E-state index contributed by atoms with van der Waals surface area (Å²) in [6.07, 6.45) is 10.1. The fourth-order valence-corrected chi connectivity index (χ4v) is 4.71. The van der Waals surface area contributed by atoms with E-state index in [0.29, 0.717) is 17.9 Å². The minimum Gasteiger partial charge on any atom is -0.379 e. The lowest BCUT2D eigenvalue weighted by Gasteiger charge is -2.21. The zero-order valence-corrected chi connectivity index (χ0v) is 22.1. The molecule has 0 bridgehead atoms. The first-order valence-corrected chi connectivity index (χ1v) is 13.2. The standard InChI is InChI=1S/C17H23N.C11H22O.C2H6/c1-12(2)10-14(11-18)16-8-5-7-15-13(3)6-4-9-17(15)16;1-10(2)12-9-8-11-6-4-3-5-7-11;1-2/h4-9,12,14H,10-11,18H2,1-3H3;10-11H,3-9H2,1-2H3;1-2H3. The number of ether oxygens (including phenoxy) is 1. The molecule has 1 aliphatic rings. The van der Waals surface area contributed by atoms with Crippen molar-refractivity contribution in [2.45, 2.75) is 105 Å². The maximum Gasteiger partial charge on any atom is 0.0518 e. The largest absolute Gasteiger partial charge is 0.379 e. The van der Waals surface area contributed by atoms with Crippen molar-refractivity contribution in [1.29, 1.82) is 0 Å². The maximum absolute atomic E-state index is 5.98. The van der Waals surface area contributed by atoms with Crippen LogP contribution >= 0.6 is 0 Å². The Labute approximate surface area is 199 Å². The Hall–Kier alpha value is -1.38. The Morgan fingerprint density at radius 2 is 1.53 bits per heavy atom. The quantitative estimate of drug-likeness (QED) is 0.445. The highest BCUT2D eigenvalue weighted by Crippen LogP contribution is 2.31. The maximum atomic E-state index is 5.98. The molecule has 0 radical (unpaired) electrons. The molecule has 0 heterocycles. The summed E-state index contributed by atoms with van der Waals surface area (Å²) in [7, 11) is 0. The van der Waals surface area contributed by atoms with Gasteiger partial charge in [0.15, 0.2) is 0 Å². The molecule has 2 nitrogen and oxygen atoms in total. The van der Waals surface area contributed by atoms with Gasteiger partial charge in [0.25, 0.3) is 0 Å². The Kier molecular flexibility index (Phi) is 14.6. The van der Waals surface area contributed by atoms with Crippen LogP contribution in [0.4, 0.5) is 0 Å². The molecule has 3 rings (SSSR count). The predicted octanol–water partition coefficient (Wildman–Crippen LogP) is 8.64. The molecule has 2 aromatic carbocycles. The van der Waals surface area contributed by atoms with E-state index >= 15 is 0 Å². The van der Waals surface area contributed by atoms with Crippen molar-refractivity contribution in [3.8, 4) is 0 Å². The van der Waals surface area contributed by atoms with Crippen molar-refractivity contribution in [1.82, 2.24) is 0 Å². The SMILES string of the molecule is CC.CC(C)OCCC1CCCCC1.Cc1cccc2c(C(CN)CC(C)C)cccc12.